The molecular weight excluding hydrogens is 436 g/mol. The molecule has 1 amide bonds. The molecule has 0 saturated carbocycles. The number of carbonyl (C=O) groups is 1. The molecule has 0 bridgehead atoms. The molecule has 0 radical (unpaired) electrons. The molecule has 0 unspecified atom stereocenters. The molecular formula is C25H30N4O5. The minimum Gasteiger partial charge on any atom is -0.497 e. The van der Waals surface area contributed by atoms with Crippen molar-refractivity contribution in [2.24, 2.45) is 0 Å². The number of hydrogen-bond acceptors (Lipinski definition) is 7. The van der Waals surface area contributed by atoms with Crippen LogP contribution in [0.1, 0.15) is 16.1 Å². The number of amides is 1. The lowest BCUT2D eigenvalue weighted by Gasteiger charge is -2.34. The Morgan fingerprint density at radius 1 is 0.882 bits per heavy atom. The van der Waals surface area contributed by atoms with Crippen molar-refractivity contribution in [1.29, 1.82) is 0 Å². The average molecular weight is 467 g/mol. The number of piperazine rings is 1. The second kappa shape index (κ2) is 10.5. The van der Waals surface area contributed by atoms with Crippen molar-refractivity contribution in [2.45, 2.75) is 6.54 Å². The summed E-state index contributed by atoms with van der Waals surface area (Å²) in [6, 6.07) is 13.3. The van der Waals surface area contributed by atoms with Gasteiger partial charge in [0.15, 0.2) is 11.5 Å². The molecule has 9 nitrogen and oxygen atoms in total. The van der Waals surface area contributed by atoms with Crippen LogP contribution in [0.4, 0.5) is 0 Å². The number of benzene rings is 2. The van der Waals surface area contributed by atoms with Crippen LogP contribution in [0, 0.1) is 0 Å². The van der Waals surface area contributed by atoms with Crippen LogP contribution in [0.5, 0.6) is 23.0 Å². The van der Waals surface area contributed by atoms with Gasteiger partial charge in [0.25, 0.3) is 5.91 Å². The summed E-state index contributed by atoms with van der Waals surface area (Å²) in [5.41, 5.74) is 3.15. The number of H-pyrrole nitrogens is 1. The summed E-state index contributed by atoms with van der Waals surface area (Å²) in [6.45, 7) is 3.46. The van der Waals surface area contributed by atoms with Crippen LogP contribution < -0.4 is 18.9 Å². The normalized spacial score (nSPS) is 14.1. The van der Waals surface area contributed by atoms with Crippen molar-refractivity contribution >= 4 is 5.91 Å². The summed E-state index contributed by atoms with van der Waals surface area (Å²) in [6.07, 6.45) is 0. The SMILES string of the molecule is COc1ccc(-c2cc(C(=O)N3CCN(Cc4ccc(OC)c(OC)c4OC)CC3)[nH]n2)cc1. The van der Waals surface area contributed by atoms with Gasteiger partial charge < -0.3 is 23.8 Å². The highest BCUT2D eigenvalue weighted by Gasteiger charge is 2.25. The zero-order chi connectivity index (χ0) is 24.1. The maximum atomic E-state index is 13.0. The number of aromatic amines is 1. The standard InChI is InChI=1S/C25H30N4O5/c1-31-19-8-5-17(6-9-19)20-15-21(27-26-20)25(30)29-13-11-28(12-14-29)16-18-7-10-22(32-2)24(34-4)23(18)33-3/h5-10,15H,11-14,16H2,1-4H3,(H,26,27). The Kier molecular flexibility index (Phi) is 7.22. The van der Waals surface area contributed by atoms with Gasteiger partial charge in [-0.2, -0.15) is 5.10 Å². The van der Waals surface area contributed by atoms with E-state index in [2.05, 4.69) is 15.1 Å². The lowest BCUT2D eigenvalue weighted by Crippen LogP contribution is -2.48. The number of nitrogens with one attached hydrogen (secondary N) is 1. The van der Waals surface area contributed by atoms with E-state index < -0.39 is 0 Å². The van der Waals surface area contributed by atoms with Crippen LogP contribution in [0.3, 0.4) is 0 Å². The number of nitrogens with zero attached hydrogens (tertiary/aromatic N) is 3. The van der Waals surface area contributed by atoms with Gasteiger partial charge in [-0.05, 0) is 36.4 Å². The minimum absolute atomic E-state index is 0.0457. The lowest BCUT2D eigenvalue weighted by molar-refractivity contribution is 0.0621. The molecule has 1 fully saturated rings. The van der Waals surface area contributed by atoms with Crippen LogP contribution in [0.2, 0.25) is 0 Å². The van der Waals surface area contributed by atoms with Crippen molar-refractivity contribution in [2.75, 3.05) is 54.6 Å². The summed E-state index contributed by atoms with van der Waals surface area (Å²) in [5.74, 6) is 2.62. The van der Waals surface area contributed by atoms with Gasteiger partial charge >= 0.3 is 0 Å². The van der Waals surface area contributed by atoms with Gasteiger partial charge in [-0.1, -0.05) is 6.07 Å². The number of aromatic nitrogens is 2. The predicted molar refractivity (Wildman–Crippen MR) is 128 cm³/mol. The smallest absolute Gasteiger partial charge is 0.271 e. The van der Waals surface area contributed by atoms with Gasteiger partial charge in [-0.25, -0.2) is 0 Å². The third-order valence-corrected chi connectivity index (χ3v) is 6.03. The predicted octanol–water partition coefficient (Wildman–Crippen LogP) is 3.07. The van der Waals surface area contributed by atoms with E-state index in [-0.39, 0.29) is 5.91 Å². The number of methoxy groups -OCH3 is 4. The number of hydrogen-bond donors (Lipinski definition) is 1. The third-order valence-electron chi connectivity index (χ3n) is 6.03. The molecule has 2 heterocycles. The van der Waals surface area contributed by atoms with E-state index >= 15 is 0 Å². The molecule has 1 aliphatic rings. The zero-order valence-electron chi connectivity index (χ0n) is 20.0. The largest absolute Gasteiger partial charge is 0.497 e. The fourth-order valence-electron chi connectivity index (χ4n) is 4.15. The molecule has 9 heteroatoms. The van der Waals surface area contributed by atoms with Gasteiger partial charge in [-0.15, -0.1) is 0 Å². The van der Waals surface area contributed by atoms with Crippen LogP contribution in [0.25, 0.3) is 11.3 Å². The Morgan fingerprint density at radius 2 is 1.59 bits per heavy atom. The maximum absolute atomic E-state index is 13.0. The van der Waals surface area contributed by atoms with Gasteiger partial charge in [-0.3, -0.25) is 14.8 Å². The van der Waals surface area contributed by atoms with Gasteiger partial charge in [0, 0.05) is 43.9 Å². The number of rotatable bonds is 8. The number of carbonyl (C=O) groups excluding carboxylic acids is 1. The Bertz CT molecular complexity index is 1120. The highest BCUT2D eigenvalue weighted by molar-refractivity contribution is 5.93. The highest BCUT2D eigenvalue weighted by atomic mass is 16.5. The summed E-state index contributed by atoms with van der Waals surface area (Å²) in [5, 5.41) is 7.21. The Labute approximate surface area is 199 Å². The summed E-state index contributed by atoms with van der Waals surface area (Å²) in [4.78, 5) is 17.2. The van der Waals surface area contributed by atoms with E-state index in [0.29, 0.717) is 42.6 Å². The number of ether oxygens (including phenoxy) is 4. The molecule has 0 atom stereocenters. The zero-order valence-corrected chi connectivity index (χ0v) is 20.0. The molecule has 1 aliphatic heterocycles. The van der Waals surface area contributed by atoms with Gasteiger partial charge in [0.05, 0.1) is 34.1 Å². The first kappa shape index (κ1) is 23.4. The molecule has 4 rings (SSSR count). The molecule has 3 aromatic rings. The molecule has 1 saturated heterocycles. The average Bonchev–Trinajstić information content (AvgIpc) is 3.38. The highest BCUT2D eigenvalue weighted by Crippen LogP contribution is 2.40. The van der Waals surface area contributed by atoms with Crippen LogP contribution >= 0.6 is 0 Å². The summed E-state index contributed by atoms with van der Waals surface area (Å²) < 4.78 is 21.7. The molecule has 1 N–H and O–H groups in total. The van der Waals surface area contributed by atoms with E-state index in [0.717, 1.165) is 35.7 Å². The quantitative estimate of drug-likeness (QED) is 0.546. The van der Waals surface area contributed by atoms with Crippen molar-refractivity contribution < 1.29 is 23.7 Å². The molecule has 180 valence electrons. The van der Waals surface area contributed by atoms with Gasteiger partial charge in [0.2, 0.25) is 5.75 Å². The topological polar surface area (TPSA) is 89.2 Å². The van der Waals surface area contributed by atoms with E-state index in [1.54, 1.807) is 34.5 Å². The van der Waals surface area contributed by atoms with Crippen molar-refractivity contribution in [3.8, 4) is 34.3 Å². The Hall–Kier alpha value is -3.72. The first-order valence-electron chi connectivity index (χ1n) is 11.1. The third kappa shape index (κ3) is 4.79. The van der Waals surface area contributed by atoms with E-state index in [1.165, 1.54) is 0 Å². The van der Waals surface area contributed by atoms with Crippen molar-refractivity contribution in [3.05, 3.63) is 53.7 Å². The fourth-order valence-corrected chi connectivity index (χ4v) is 4.15. The maximum Gasteiger partial charge on any atom is 0.271 e. The molecule has 0 aliphatic carbocycles. The first-order chi connectivity index (χ1) is 16.6. The Balaban J connectivity index is 1.38. The summed E-state index contributed by atoms with van der Waals surface area (Å²) in [7, 11) is 6.46. The Morgan fingerprint density at radius 3 is 2.21 bits per heavy atom. The van der Waals surface area contributed by atoms with E-state index in [4.69, 9.17) is 18.9 Å². The minimum atomic E-state index is -0.0457. The first-order valence-corrected chi connectivity index (χ1v) is 11.1. The molecule has 0 spiro atoms. The van der Waals surface area contributed by atoms with Crippen molar-refractivity contribution in [1.82, 2.24) is 20.0 Å². The van der Waals surface area contributed by atoms with Crippen molar-refractivity contribution in [3.63, 3.8) is 0 Å². The lowest BCUT2D eigenvalue weighted by atomic mass is 10.1. The molecule has 2 aromatic carbocycles. The molecule has 1 aromatic heterocycles. The van der Waals surface area contributed by atoms with Crippen LogP contribution in [0.15, 0.2) is 42.5 Å². The molecule has 34 heavy (non-hydrogen) atoms. The second-order valence-corrected chi connectivity index (χ2v) is 7.96. The van der Waals surface area contributed by atoms with E-state index in [9.17, 15) is 4.79 Å². The monoisotopic (exact) mass is 466 g/mol. The van der Waals surface area contributed by atoms with Crippen LogP contribution in [-0.4, -0.2) is 80.5 Å². The van der Waals surface area contributed by atoms with E-state index in [1.807, 2.05) is 41.3 Å². The second-order valence-electron chi connectivity index (χ2n) is 7.96. The fraction of sp³-hybridized carbons (Fsp3) is 0.360. The summed E-state index contributed by atoms with van der Waals surface area (Å²) >= 11 is 0. The van der Waals surface area contributed by atoms with Gasteiger partial charge in [0.1, 0.15) is 11.4 Å². The van der Waals surface area contributed by atoms with Crippen LogP contribution in [-0.2, 0) is 6.54 Å².